The van der Waals surface area contributed by atoms with Crippen LogP contribution >= 0.6 is 0 Å². The van der Waals surface area contributed by atoms with Crippen molar-refractivity contribution in [3.05, 3.63) is 29.8 Å². The smallest absolute Gasteiger partial charge is 0.147 e. The quantitative estimate of drug-likeness (QED) is 0.854. The van der Waals surface area contributed by atoms with Crippen LogP contribution in [0.2, 0.25) is 0 Å². The minimum atomic E-state index is -0.201. The number of carbonyl (C=O) groups is 1. The molecule has 0 aromatic heterocycles. The molecule has 1 aliphatic heterocycles. The number of aryl methyl sites for hydroxylation is 1. The molecule has 2 aliphatic rings. The average Bonchev–Trinajstić information content (AvgIpc) is 2.54. The van der Waals surface area contributed by atoms with E-state index in [0.717, 1.165) is 32.6 Å². The SMILES string of the molecule is CCc1ccccc1N1CCN(C2C(C)(C)C(=O)C2(C)C)CC1. The van der Waals surface area contributed by atoms with Crippen LogP contribution in [0.15, 0.2) is 24.3 Å². The van der Waals surface area contributed by atoms with E-state index in [4.69, 9.17) is 0 Å². The highest BCUT2D eigenvalue weighted by Gasteiger charge is 2.63. The van der Waals surface area contributed by atoms with Gasteiger partial charge in [0.1, 0.15) is 5.78 Å². The molecule has 3 nitrogen and oxygen atoms in total. The molecule has 23 heavy (non-hydrogen) atoms. The van der Waals surface area contributed by atoms with Gasteiger partial charge < -0.3 is 4.90 Å². The number of benzene rings is 1. The molecule has 1 heterocycles. The van der Waals surface area contributed by atoms with E-state index in [9.17, 15) is 4.79 Å². The van der Waals surface area contributed by atoms with Gasteiger partial charge in [-0.2, -0.15) is 0 Å². The van der Waals surface area contributed by atoms with Gasteiger partial charge in [-0.25, -0.2) is 0 Å². The summed E-state index contributed by atoms with van der Waals surface area (Å²) in [5.41, 5.74) is 2.42. The first-order chi connectivity index (χ1) is 10.8. The molecule has 0 spiro atoms. The van der Waals surface area contributed by atoms with Crippen LogP contribution in [0.5, 0.6) is 0 Å². The Kier molecular flexibility index (Phi) is 4.04. The summed E-state index contributed by atoms with van der Waals surface area (Å²) in [5.74, 6) is 0.411. The maximum atomic E-state index is 12.4. The van der Waals surface area contributed by atoms with Crippen molar-refractivity contribution in [2.24, 2.45) is 10.8 Å². The zero-order valence-corrected chi connectivity index (χ0v) is 15.2. The monoisotopic (exact) mass is 314 g/mol. The van der Waals surface area contributed by atoms with Crippen molar-refractivity contribution in [3.8, 4) is 0 Å². The highest BCUT2D eigenvalue weighted by Crippen LogP contribution is 2.53. The number of carbonyl (C=O) groups excluding carboxylic acids is 1. The lowest BCUT2D eigenvalue weighted by atomic mass is 9.50. The number of hydrogen-bond acceptors (Lipinski definition) is 3. The Morgan fingerprint density at radius 2 is 1.57 bits per heavy atom. The number of ketones is 1. The van der Waals surface area contributed by atoms with Crippen LogP contribution in [-0.4, -0.2) is 42.9 Å². The second-order valence-electron chi connectivity index (χ2n) is 8.18. The number of para-hydroxylation sites is 1. The number of rotatable bonds is 3. The average molecular weight is 314 g/mol. The lowest BCUT2D eigenvalue weighted by Gasteiger charge is -2.60. The molecule has 1 saturated carbocycles. The Morgan fingerprint density at radius 3 is 2.13 bits per heavy atom. The number of piperazine rings is 1. The van der Waals surface area contributed by atoms with Gasteiger partial charge in [0.2, 0.25) is 0 Å². The van der Waals surface area contributed by atoms with E-state index < -0.39 is 0 Å². The zero-order chi connectivity index (χ0) is 16.8. The van der Waals surface area contributed by atoms with E-state index in [2.05, 4.69) is 68.7 Å². The summed E-state index contributed by atoms with van der Waals surface area (Å²) < 4.78 is 0. The van der Waals surface area contributed by atoms with E-state index in [1.807, 2.05) is 0 Å². The fraction of sp³-hybridized carbons (Fsp3) is 0.650. The molecule has 1 aromatic carbocycles. The largest absolute Gasteiger partial charge is 0.369 e. The number of hydrogen-bond donors (Lipinski definition) is 0. The molecule has 0 N–H and O–H groups in total. The van der Waals surface area contributed by atoms with E-state index in [-0.39, 0.29) is 10.8 Å². The summed E-state index contributed by atoms with van der Waals surface area (Å²) in [5, 5.41) is 0. The van der Waals surface area contributed by atoms with Crippen molar-refractivity contribution in [1.29, 1.82) is 0 Å². The van der Waals surface area contributed by atoms with Gasteiger partial charge in [0, 0.05) is 48.7 Å². The Bertz CT molecular complexity index is 579. The normalized spacial score (nSPS) is 24.6. The second-order valence-corrected chi connectivity index (χ2v) is 8.18. The first-order valence-corrected chi connectivity index (χ1v) is 8.92. The van der Waals surface area contributed by atoms with Gasteiger partial charge in [-0.15, -0.1) is 0 Å². The molecule has 3 rings (SSSR count). The van der Waals surface area contributed by atoms with Crippen LogP contribution in [0, 0.1) is 10.8 Å². The topological polar surface area (TPSA) is 23.6 Å². The summed E-state index contributed by atoms with van der Waals surface area (Å²) in [7, 11) is 0. The minimum absolute atomic E-state index is 0.201. The molecule has 0 amide bonds. The maximum Gasteiger partial charge on any atom is 0.147 e. The van der Waals surface area contributed by atoms with Gasteiger partial charge >= 0.3 is 0 Å². The molecule has 1 aromatic rings. The summed E-state index contributed by atoms with van der Waals surface area (Å²) >= 11 is 0. The second kappa shape index (κ2) is 5.62. The zero-order valence-electron chi connectivity index (χ0n) is 15.2. The molecule has 1 aliphatic carbocycles. The third kappa shape index (κ3) is 2.50. The molecular formula is C20H30N2O. The Labute approximate surface area is 140 Å². The first kappa shape index (κ1) is 16.5. The Morgan fingerprint density at radius 1 is 1.00 bits per heavy atom. The van der Waals surface area contributed by atoms with Gasteiger partial charge in [-0.05, 0) is 18.1 Å². The maximum absolute atomic E-state index is 12.4. The predicted octanol–water partition coefficient (Wildman–Crippen LogP) is 3.37. The number of Topliss-reactive ketones (excluding diaryl/α,β-unsaturated/α-hetero) is 1. The molecule has 3 heteroatoms. The Balaban J connectivity index is 1.71. The Hall–Kier alpha value is -1.35. The number of anilines is 1. The van der Waals surface area contributed by atoms with Gasteiger partial charge in [0.05, 0.1) is 0 Å². The van der Waals surface area contributed by atoms with Gasteiger partial charge in [-0.1, -0.05) is 52.8 Å². The predicted molar refractivity (Wildman–Crippen MR) is 96.0 cm³/mol. The number of nitrogens with zero attached hydrogens (tertiary/aromatic N) is 2. The fourth-order valence-corrected chi connectivity index (χ4v) is 5.16. The first-order valence-electron chi connectivity index (χ1n) is 8.92. The van der Waals surface area contributed by atoms with Crippen LogP contribution < -0.4 is 4.90 Å². The van der Waals surface area contributed by atoms with Gasteiger partial charge in [0.25, 0.3) is 0 Å². The molecule has 0 bridgehead atoms. The summed E-state index contributed by atoms with van der Waals surface area (Å²) in [6, 6.07) is 9.11. The minimum Gasteiger partial charge on any atom is -0.369 e. The van der Waals surface area contributed by atoms with Gasteiger partial charge in [0.15, 0.2) is 0 Å². The van der Waals surface area contributed by atoms with E-state index in [0.29, 0.717) is 11.8 Å². The van der Waals surface area contributed by atoms with E-state index >= 15 is 0 Å². The molecule has 1 saturated heterocycles. The van der Waals surface area contributed by atoms with Crippen molar-refractivity contribution in [3.63, 3.8) is 0 Å². The summed E-state index contributed by atoms with van der Waals surface area (Å²) in [4.78, 5) is 17.4. The molecule has 0 radical (unpaired) electrons. The highest BCUT2D eigenvalue weighted by atomic mass is 16.1. The molecule has 0 atom stereocenters. The van der Waals surface area contributed by atoms with Crippen molar-refractivity contribution in [1.82, 2.24) is 4.90 Å². The van der Waals surface area contributed by atoms with Crippen LogP contribution in [0.4, 0.5) is 5.69 Å². The van der Waals surface area contributed by atoms with Crippen LogP contribution in [0.25, 0.3) is 0 Å². The van der Waals surface area contributed by atoms with Crippen LogP contribution in [0.1, 0.15) is 40.2 Å². The van der Waals surface area contributed by atoms with Crippen molar-refractivity contribution < 1.29 is 4.79 Å². The molecule has 2 fully saturated rings. The van der Waals surface area contributed by atoms with Crippen LogP contribution in [-0.2, 0) is 11.2 Å². The summed E-state index contributed by atoms with van der Waals surface area (Å²) in [6.45, 7) is 14.9. The van der Waals surface area contributed by atoms with E-state index in [1.54, 1.807) is 0 Å². The summed E-state index contributed by atoms with van der Waals surface area (Å²) in [6.07, 6.45) is 1.08. The fourth-order valence-electron chi connectivity index (χ4n) is 5.16. The van der Waals surface area contributed by atoms with Crippen molar-refractivity contribution >= 4 is 11.5 Å². The highest BCUT2D eigenvalue weighted by molar-refractivity contribution is 5.97. The van der Waals surface area contributed by atoms with Gasteiger partial charge in [-0.3, -0.25) is 9.69 Å². The molecule has 126 valence electrons. The van der Waals surface area contributed by atoms with Crippen molar-refractivity contribution in [2.45, 2.75) is 47.1 Å². The van der Waals surface area contributed by atoms with Crippen molar-refractivity contribution in [2.75, 3.05) is 31.1 Å². The van der Waals surface area contributed by atoms with E-state index in [1.165, 1.54) is 11.3 Å². The third-order valence-electron chi connectivity index (χ3n) is 5.93. The third-order valence-corrected chi connectivity index (χ3v) is 5.93. The lowest BCUT2D eigenvalue weighted by molar-refractivity contribution is -0.170. The lowest BCUT2D eigenvalue weighted by Crippen LogP contribution is -2.72. The molecular weight excluding hydrogens is 284 g/mol. The standard InChI is InChI=1S/C20H30N2O/c1-6-15-9-7-8-10-16(15)21-11-13-22(14-12-21)17-19(2,3)18(23)20(17,4)5/h7-10,17H,6,11-14H2,1-5H3. The molecule has 0 unspecified atom stereocenters. The van der Waals surface area contributed by atoms with Crippen LogP contribution in [0.3, 0.4) is 0 Å².